The maximum atomic E-state index is 8.80. The van der Waals surface area contributed by atoms with E-state index in [-0.39, 0.29) is 6.61 Å². The Morgan fingerprint density at radius 1 is 1.18 bits per heavy atom. The van der Waals surface area contributed by atoms with E-state index in [9.17, 15) is 0 Å². The van der Waals surface area contributed by atoms with E-state index in [4.69, 9.17) is 5.11 Å². The molecule has 4 unspecified atom stereocenters. The fraction of sp³-hybridized carbons (Fsp3) is 0.778. The van der Waals surface area contributed by atoms with Gasteiger partial charge in [0.15, 0.2) is 0 Å². The summed E-state index contributed by atoms with van der Waals surface area (Å²) in [6.45, 7) is 14.5. The first kappa shape index (κ1) is 25.2. The van der Waals surface area contributed by atoms with Crippen LogP contribution in [0.1, 0.15) is 99.3 Å². The van der Waals surface area contributed by atoms with Crippen LogP contribution in [-0.4, -0.2) is 11.7 Å². The summed E-state index contributed by atoms with van der Waals surface area (Å²) in [6, 6.07) is 0. The first-order valence-electron chi connectivity index (χ1n) is 11.9. The zero-order valence-electron chi connectivity index (χ0n) is 19.7. The molecular weight excluding hydrogens is 340 g/mol. The van der Waals surface area contributed by atoms with Crippen LogP contribution in [-0.2, 0) is 0 Å². The van der Waals surface area contributed by atoms with Gasteiger partial charge in [-0.1, -0.05) is 96.3 Å². The first-order valence-corrected chi connectivity index (χ1v) is 11.9. The Morgan fingerprint density at radius 3 is 2.61 bits per heavy atom. The average Bonchev–Trinajstić information content (AvgIpc) is 2.62. The van der Waals surface area contributed by atoms with Crippen LogP contribution in [0.5, 0.6) is 0 Å². The van der Waals surface area contributed by atoms with Crippen LogP contribution in [0.3, 0.4) is 0 Å². The summed E-state index contributed by atoms with van der Waals surface area (Å²) in [5, 5.41) is 8.80. The van der Waals surface area contributed by atoms with E-state index in [0.717, 1.165) is 24.2 Å². The zero-order valence-corrected chi connectivity index (χ0v) is 19.7. The molecule has 0 heterocycles. The lowest BCUT2D eigenvalue weighted by Crippen LogP contribution is -2.33. The molecule has 0 aromatic rings. The van der Waals surface area contributed by atoms with Gasteiger partial charge >= 0.3 is 0 Å². The van der Waals surface area contributed by atoms with Crippen LogP contribution in [0.25, 0.3) is 0 Å². The van der Waals surface area contributed by atoms with Gasteiger partial charge in [0, 0.05) is 0 Å². The van der Waals surface area contributed by atoms with Gasteiger partial charge in [0.1, 0.15) is 0 Å². The molecule has 0 aliphatic heterocycles. The van der Waals surface area contributed by atoms with Crippen molar-refractivity contribution < 1.29 is 5.11 Å². The van der Waals surface area contributed by atoms with Crippen LogP contribution in [0.2, 0.25) is 0 Å². The van der Waals surface area contributed by atoms with Gasteiger partial charge in [0.05, 0.1) is 6.61 Å². The highest BCUT2D eigenvalue weighted by Crippen LogP contribution is 2.46. The van der Waals surface area contributed by atoms with Crippen molar-refractivity contribution in [2.75, 3.05) is 6.61 Å². The Kier molecular flexibility index (Phi) is 12.1. The monoisotopic (exact) mass is 388 g/mol. The number of hydrogen-bond donors (Lipinski definition) is 1. The highest BCUT2D eigenvalue weighted by molar-refractivity contribution is 5.11. The summed E-state index contributed by atoms with van der Waals surface area (Å²) in [5.74, 6) is 3.18. The van der Waals surface area contributed by atoms with Crippen LogP contribution in [0.15, 0.2) is 36.0 Å². The molecule has 1 aliphatic carbocycles. The smallest absolute Gasteiger partial charge is 0.0612 e. The van der Waals surface area contributed by atoms with Gasteiger partial charge in [-0.25, -0.2) is 0 Å². The standard InChI is InChI=1S/C27H48O/c1-22(12-7-8-13-23(2)16-11-21-28)14-9-15-24(3)18-19-26-25(4)17-10-20-27(26,5)6/h7-8,11-12,16,23-26,28H,9-10,13-15,17-21H2,1-6H3/b8-7+,16-11+,22-12+. The Hall–Kier alpha value is -0.820. The summed E-state index contributed by atoms with van der Waals surface area (Å²) < 4.78 is 0. The van der Waals surface area contributed by atoms with Crippen LogP contribution in [0.4, 0.5) is 0 Å². The van der Waals surface area contributed by atoms with Gasteiger partial charge in [-0.05, 0) is 68.1 Å². The summed E-state index contributed by atoms with van der Waals surface area (Å²) in [4.78, 5) is 0. The quantitative estimate of drug-likeness (QED) is 0.264. The SMILES string of the molecule is C/C(=C\C=C\CC(C)/C=C/CO)CCCC(C)CCC1C(C)CCCC1(C)C. The Balaban J connectivity index is 2.24. The van der Waals surface area contributed by atoms with Gasteiger partial charge in [0.2, 0.25) is 0 Å². The molecule has 1 nitrogen and oxygen atoms in total. The predicted octanol–water partition coefficient (Wildman–Crippen LogP) is 8.11. The molecule has 0 spiro atoms. The lowest BCUT2D eigenvalue weighted by molar-refractivity contribution is 0.0707. The molecule has 1 aliphatic rings. The number of aliphatic hydroxyl groups is 1. The molecule has 0 amide bonds. The molecule has 1 N–H and O–H groups in total. The van der Waals surface area contributed by atoms with Crippen molar-refractivity contribution in [2.24, 2.45) is 29.1 Å². The van der Waals surface area contributed by atoms with Gasteiger partial charge < -0.3 is 5.11 Å². The maximum Gasteiger partial charge on any atom is 0.0612 e. The topological polar surface area (TPSA) is 20.2 Å². The van der Waals surface area contributed by atoms with Crippen molar-refractivity contribution in [3.05, 3.63) is 36.0 Å². The first-order chi connectivity index (χ1) is 13.3. The third-order valence-corrected chi connectivity index (χ3v) is 7.00. The third-order valence-electron chi connectivity index (χ3n) is 7.00. The second kappa shape index (κ2) is 13.4. The largest absolute Gasteiger partial charge is 0.392 e. The number of hydrogen-bond acceptors (Lipinski definition) is 1. The molecular formula is C27H48O. The van der Waals surface area contributed by atoms with Crippen molar-refractivity contribution in [1.82, 2.24) is 0 Å². The molecule has 0 saturated heterocycles. The molecule has 1 heteroatoms. The van der Waals surface area contributed by atoms with E-state index >= 15 is 0 Å². The molecule has 28 heavy (non-hydrogen) atoms. The second-order valence-corrected chi connectivity index (χ2v) is 10.3. The second-order valence-electron chi connectivity index (χ2n) is 10.3. The minimum Gasteiger partial charge on any atom is -0.392 e. The van der Waals surface area contributed by atoms with Crippen molar-refractivity contribution in [1.29, 1.82) is 0 Å². The number of allylic oxidation sites excluding steroid dienone is 5. The summed E-state index contributed by atoms with van der Waals surface area (Å²) >= 11 is 0. The zero-order chi connectivity index (χ0) is 21.0. The van der Waals surface area contributed by atoms with Crippen LogP contribution >= 0.6 is 0 Å². The maximum absolute atomic E-state index is 8.80. The predicted molar refractivity (Wildman–Crippen MR) is 125 cm³/mol. The Morgan fingerprint density at radius 2 is 1.93 bits per heavy atom. The van der Waals surface area contributed by atoms with Gasteiger partial charge in [-0.2, -0.15) is 0 Å². The number of aliphatic hydroxyl groups excluding tert-OH is 1. The fourth-order valence-corrected chi connectivity index (χ4v) is 5.03. The van der Waals surface area contributed by atoms with Crippen LogP contribution < -0.4 is 0 Å². The molecule has 0 radical (unpaired) electrons. The highest BCUT2D eigenvalue weighted by atomic mass is 16.2. The molecule has 1 fully saturated rings. The summed E-state index contributed by atoms with van der Waals surface area (Å²) in [6.07, 6.45) is 22.7. The van der Waals surface area contributed by atoms with Gasteiger partial charge in [-0.15, -0.1) is 0 Å². The van der Waals surface area contributed by atoms with Gasteiger partial charge in [0.25, 0.3) is 0 Å². The average molecular weight is 389 g/mol. The lowest BCUT2D eigenvalue weighted by atomic mass is 9.62. The normalized spacial score (nSPS) is 25.5. The minimum absolute atomic E-state index is 0.142. The van der Waals surface area contributed by atoms with E-state index in [0.29, 0.717) is 11.3 Å². The van der Waals surface area contributed by atoms with Crippen molar-refractivity contribution in [3.8, 4) is 0 Å². The summed E-state index contributed by atoms with van der Waals surface area (Å²) in [5.41, 5.74) is 2.04. The highest BCUT2D eigenvalue weighted by Gasteiger charge is 2.36. The van der Waals surface area contributed by atoms with Crippen molar-refractivity contribution >= 4 is 0 Å². The molecule has 1 saturated carbocycles. The molecule has 0 aromatic carbocycles. The van der Waals surface area contributed by atoms with E-state index in [1.54, 1.807) is 0 Å². The van der Waals surface area contributed by atoms with Crippen molar-refractivity contribution in [2.45, 2.75) is 99.3 Å². The van der Waals surface area contributed by atoms with E-state index < -0.39 is 0 Å². The molecule has 0 aromatic heterocycles. The molecule has 1 rings (SSSR count). The van der Waals surface area contributed by atoms with E-state index in [2.05, 4.69) is 65.8 Å². The van der Waals surface area contributed by atoms with E-state index in [1.165, 1.54) is 56.9 Å². The molecule has 162 valence electrons. The third kappa shape index (κ3) is 10.1. The Bertz CT molecular complexity index is 496. The van der Waals surface area contributed by atoms with E-state index in [1.807, 2.05) is 6.08 Å². The number of rotatable bonds is 12. The lowest BCUT2D eigenvalue weighted by Gasteiger charge is -2.43. The van der Waals surface area contributed by atoms with Crippen molar-refractivity contribution in [3.63, 3.8) is 0 Å². The molecule has 4 atom stereocenters. The molecule has 0 bridgehead atoms. The summed E-state index contributed by atoms with van der Waals surface area (Å²) in [7, 11) is 0. The minimum atomic E-state index is 0.142. The fourth-order valence-electron chi connectivity index (χ4n) is 5.03. The van der Waals surface area contributed by atoms with Gasteiger partial charge in [-0.3, -0.25) is 0 Å². The van der Waals surface area contributed by atoms with Crippen LogP contribution in [0, 0.1) is 29.1 Å². The Labute approximate surface area is 176 Å².